The molecule has 5 heteroatoms. The van der Waals surface area contributed by atoms with Gasteiger partial charge in [-0.2, -0.15) is 0 Å². The lowest BCUT2D eigenvalue weighted by molar-refractivity contribution is 0.0248. The van der Waals surface area contributed by atoms with E-state index < -0.39 is 6.10 Å². The normalized spacial score (nSPS) is 24.1. The lowest BCUT2D eigenvalue weighted by Crippen LogP contribution is -2.45. The Morgan fingerprint density at radius 1 is 1.56 bits per heavy atom. The number of nitrogens with zero attached hydrogens (tertiary/aromatic N) is 1. The van der Waals surface area contributed by atoms with Gasteiger partial charge in [-0.3, -0.25) is 4.79 Å². The van der Waals surface area contributed by atoms with Gasteiger partial charge in [-0.15, -0.1) is 0 Å². The van der Waals surface area contributed by atoms with Crippen molar-refractivity contribution in [1.29, 1.82) is 0 Å². The van der Waals surface area contributed by atoms with E-state index in [0.717, 1.165) is 6.42 Å². The number of likely N-dealkylation sites (tertiary alicyclic amines) is 1. The third-order valence-corrected chi connectivity index (χ3v) is 4.59. The van der Waals surface area contributed by atoms with Crippen molar-refractivity contribution < 1.29 is 9.90 Å². The SMILES string of the molecule is CC1CCN(C(=O)c2ccc(Cl)c(Br)c2)CC1O. The molecule has 0 aromatic heterocycles. The highest BCUT2D eigenvalue weighted by atomic mass is 79.9. The Bertz CT molecular complexity index is 466. The molecule has 1 fully saturated rings. The van der Waals surface area contributed by atoms with Gasteiger partial charge in [-0.1, -0.05) is 18.5 Å². The van der Waals surface area contributed by atoms with Gasteiger partial charge in [0.15, 0.2) is 0 Å². The number of carbonyl (C=O) groups excluding carboxylic acids is 1. The maximum Gasteiger partial charge on any atom is 0.253 e. The zero-order chi connectivity index (χ0) is 13.3. The second kappa shape index (κ2) is 5.59. The number of aliphatic hydroxyl groups excluding tert-OH is 1. The quantitative estimate of drug-likeness (QED) is 0.859. The molecule has 0 aliphatic carbocycles. The average Bonchev–Trinajstić information content (AvgIpc) is 2.35. The first-order valence-corrected chi connectivity index (χ1v) is 7.08. The van der Waals surface area contributed by atoms with Gasteiger partial charge in [-0.25, -0.2) is 0 Å². The molecule has 1 N–H and O–H groups in total. The molecule has 0 bridgehead atoms. The molecule has 1 saturated heterocycles. The summed E-state index contributed by atoms with van der Waals surface area (Å²) in [5.41, 5.74) is 0.591. The number of aliphatic hydroxyl groups is 1. The number of benzene rings is 1. The Morgan fingerprint density at radius 2 is 2.28 bits per heavy atom. The van der Waals surface area contributed by atoms with Crippen molar-refractivity contribution in [1.82, 2.24) is 4.90 Å². The van der Waals surface area contributed by atoms with E-state index in [4.69, 9.17) is 11.6 Å². The maximum absolute atomic E-state index is 12.3. The van der Waals surface area contributed by atoms with Crippen LogP contribution < -0.4 is 0 Å². The monoisotopic (exact) mass is 331 g/mol. The first-order chi connectivity index (χ1) is 8.49. The van der Waals surface area contributed by atoms with Gasteiger partial charge in [0.25, 0.3) is 5.91 Å². The molecule has 98 valence electrons. The number of β-amino-alcohol motifs (C(OH)–C–C–N with tert-alkyl or cyclic N) is 1. The highest BCUT2D eigenvalue weighted by Crippen LogP contribution is 2.25. The van der Waals surface area contributed by atoms with Crippen molar-refractivity contribution in [3.8, 4) is 0 Å². The molecule has 1 aromatic rings. The first-order valence-electron chi connectivity index (χ1n) is 5.91. The van der Waals surface area contributed by atoms with Crippen molar-refractivity contribution in [3.05, 3.63) is 33.3 Å². The van der Waals surface area contributed by atoms with Crippen LogP contribution in [-0.4, -0.2) is 35.1 Å². The molecule has 3 nitrogen and oxygen atoms in total. The van der Waals surface area contributed by atoms with Crippen LogP contribution in [0.25, 0.3) is 0 Å². The Balaban J connectivity index is 2.14. The summed E-state index contributed by atoms with van der Waals surface area (Å²) in [4.78, 5) is 14.0. The van der Waals surface area contributed by atoms with Crippen molar-refractivity contribution >= 4 is 33.4 Å². The van der Waals surface area contributed by atoms with Gasteiger partial charge < -0.3 is 10.0 Å². The third-order valence-electron chi connectivity index (χ3n) is 3.37. The summed E-state index contributed by atoms with van der Waals surface area (Å²) >= 11 is 9.21. The molecular formula is C13H15BrClNO2. The minimum absolute atomic E-state index is 0.0571. The topological polar surface area (TPSA) is 40.5 Å². The minimum Gasteiger partial charge on any atom is -0.391 e. The molecule has 0 saturated carbocycles. The zero-order valence-electron chi connectivity index (χ0n) is 10.1. The van der Waals surface area contributed by atoms with Crippen LogP contribution in [0.3, 0.4) is 0 Å². The Hall–Kier alpha value is -0.580. The van der Waals surface area contributed by atoms with Crippen molar-refractivity contribution in [2.75, 3.05) is 13.1 Å². The van der Waals surface area contributed by atoms with E-state index in [2.05, 4.69) is 15.9 Å². The van der Waals surface area contributed by atoms with Crippen LogP contribution in [0, 0.1) is 5.92 Å². The standard InChI is InChI=1S/C13H15BrClNO2/c1-8-4-5-16(7-12(8)17)13(18)9-2-3-11(15)10(14)6-9/h2-3,6,8,12,17H,4-5,7H2,1H3. The first kappa shape index (κ1) is 13.8. The highest BCUT2D eigenvalue weighted by molar-refractivity contribution is 9.10. The largest absolute Gasteiger partial charge is 0.391 e. The van der Waals surface area contributed by atoms with Crippen LogP contribution in [0.5, 0.6) is 0 Å². The van der Waals surface area contributed by atoms with Crippen LogP contribution in [-0.2, 0) is 0 Å². The number of halogens is 2. The molecule has 2 rings (SSSR count). The lowest BCUT2D eigenvalue weighted by atomic mass is 9.95. The van der Waals surface area contributed by atoms with E-state index >= 15 is 0 Å². The van der Waals surface area contributed by atoms with Crippen molar-refractivity contribution in [3.63, 3.8) is 0 Å². The second-order valence-electron chi connectivity index (χ2n) is 4.71. The number of rotatable bonds is 1. The second-order valence-corrected chi connectivity index (χ2v) is 5.97. The number of amides is 1. The van der Waals surface area contributed by atoms with E-state index in [0.29, 0.717) is 28.1 Å². The van der Waals surface area contributed by atoms with Gasteiger partial charge >= 0.3 is 0 Å². The minimum atomic E-state index is -0.432. The lowest BCUT2D eigenvalue weighted by Gasteiger charge is -2.34. The van der Waals surface area contributed by atoms with Crippen LogP contribution >= 0.6 is 27.5 Å². The smallest absolute Gasteiger partial charge is 0.253 e. The summed E-state index contributed by atoms with van der Waals surface area (Å²) in [6.07, 6.45) is 0.403. The van der Waals surface area contributed by atoms with Crippen LogP contribution in [0.1, 0.15) is 23.7 Å². The Labute approximate surface area is 120 Å². The van der Waals surface area contributed by atoms with E-state index in [1.165, 1.54) is 0 Å². The summed E-state index contributed by atoms with van der Waals surface area (Å²) in [7, 11) is 0. The van der Waals surface area contributed by atoms with Crippen LogP contribution in [0.15, 0.2) is 22.7 Å². The van der Waals surface area contributed by atoms with Gasteiger partial charge in [0.05, 0.1) is 11.1 Å². The van der Waals surface area contributed by atoms with Crippen LogP contribution in [0.2, 0.25) is 5.02 Å². The van der Waals surface area contributed by atoms with Gasteiger partial charge in [-0.05, 0) is 46.5 Å². The molecule has 0 spiro atoms. The summed E-state index contributed by atoms with van der Waals surface area (Å²) < 4.78 is 0.709. The molecule has 1 aliphatic rings. The Kier molecular flexibility index (Phi) is 4.30. The number of hydrogen-bond acceptors (Lipinski definition) is 2. The van der Waals surface area contributed by atoms with E-state index in [-0.39, 0.29) is 11.8 Å². The summed E-state index contributed by atoms with van der Waals surface area (Å²) in [5, 5.41) is 10.4. The fourth-order valence-electron chi connectivity index (χ4n) is 2.05. The summed E-state index contributed by atoms with van der Waals surface area (Å²) in [6, 6.07) is 5.12. The fourth-order valence-corrected chi connectivity index (χ4v) is 2.54. The molecular weight excluding hydrogens is 318 g/mol. The van der Waals surface area contributed by atoms with E-state index in [1.54, 1.807) is 23.1 Å². The highest BCUT2D eigenvalue weighted by Gasteiger charge is 2.27. The van der Waals surface area contributed by atoms with Gasteiger partial charge in [0.1, 0.15) is 0 Å². The third kappa shape index (κ3) is 2.87. The predicted octanol–water partition coefficient (Wildman–Crippen LogP) is 2.95. The fraction of sp³-hybridized carbons (Fsp3) is 0.462. The summed E-state index contributed by atoms with van der Waals surface area (Å²) in [5.74, 6) is 0.198. The van der Waals surface area contributed by atoms with Crippen molar-refractivity contribution in [2.24, 2.45) is 5.92 Å². The Morgan fingerprint density at radius 3 is 2.89 bits per heavy atom. The van der Waals surface area contributed by atoms with Gasteiger partial charge in [0.2, 0.25) is 0 Å². The maximum atomic E-state index is 12.3. The summed E-state index contributed by atoms with van der Waals surface area (Å²) in [6.45, 7) is 3.10. The number of piperidine rings is 1. The molecule has 1 aromatic carbocycles. The van der Waals surface area contributed by atoms with E-state index in [9.17, 15) is 9.90 Å². The molecule has 2 atom stereocenters. The molecule has 18 heavy (non-hydrogen) atoms. The van der Waals surface area contributed by atoms with E-state index in [1.807, 2.05) is 6.92 Å². The number of carbonyl (C=O) groups is 1. The van der Waals surface area contributed by atoms with Crippen molar-refractivity contribution in [2.45, 2.75) is 19.4 Å². The molecule has 1 aliphatic heterocycles. The molecule has 1 amide bonds. The molecule has 0 radical (unpaired) electrons. The zero-order valence-corrected chi connectivity index (χ0v) is 12.4. The predicted molar refractivity (Wildman–Crippen MR) is 74.8 cm³/mol. The number of hydrogen-bond donors (Lipinski definition) is 1. The van der Waals surface area contributed by atoms with Gasteiger partial charge in [0, 0.05) is 23.1 Å². The average molecular weight is 333 g/mol. The molecule has 2 unspecified atom stereocenters. The molecule has 1 heterocycles. The van der Waals surface area contributed by atoms with Crippen LogP contribution in [0.4, 0.5) is 0 Å².